The molecule has 4 aliphatic heterocycles. The summed E-state index contributed by atoms with van der Waals surface area (Å²) < 4.78 is 40.3. The second kappa shape index (κ2) is 21.1. The molecule has 0 aromatic heterocycles. The van der Waals surface area contributed by atoms with Crippen LogP contribution in [-0.4, -0.2) is 106 Å². The van der Waals surface area contributed by atoms with Crippen molar-refractivity contribution in [3.8, 4) is 34.8 Å². The Kier molecular flexibility index (Phi) is 14.1. The number of benzene rings is 6. The van der Waals surface area contributed by atoms with Gasteiger partial charge in [0.1, 0.15) is 42.3 Å². The molecule has 15 nitrogen and oxygen atoms in total. The molecule has 0 radical (unpaired) electrons. The average Bonchev–Trinajstić information content (AvgIpc) is 3.92. The fraction of sp³-hybridized carbons (Fsp3) is 0.288. The van der Waals surface area contributed by atoms with Gasteiger partial charge in [-0.2, -0.15) is 0 Å². The molecule has 2 saturated heterocycles. The molecule has 3 amide bonds. The fourth-order valence-corrected chi connectivity index (χ4v) is 11.2. The van der Waals surface area contributed by atoms with E-state index in [-0.39, 0.29) is 45.2 Å². The number of ether oxygens (including phenoxy) is 7. The Morgan fingerprint density at radius 3 is 2.00 bits per heavy atom. The zero-order chi connectivity index (χ0) is 51.5. The van der Waals surface area contributed by atoms with Gasteiger partial charge in [-0.25, -0.2) is 9.69 Å². The van der Waals surface area contributed by atoms with Crippen molar-refractivity contribution in [2.45, 2.75) is 42.6 Å². The van der Waals surface area contributed by atoms with Crippen LogP contribution in [0.2, 0.25) is 0 Å². The maximum atomic E-state index is 16.7. The number of fused-ring (bicyclic) bond motifs is 4. The Morgan fingerprint density at radius 1 is 0.689 bits per heavy atom. The first-order valence-corrected chi connectivity index (χ1v) is 24.4. The number of rotatable bonds is 13. The highest BCUT2D eigenvalue weighted by Gasteiger charge is 2.76. The van der Waals surface area contributed by atoms with Crippen LogP contribution < -0.4 is 23.8 Å². The Labute approximate surface area is 429 Å². The van der Waals surface area contributed by atoms with Gasteiger partial charge >= 0.3 is 12.1 Å². The maximum absolute atomic E-state index is 16.7. The van der Waals surface area contributed by atoms with E-state index in [0.717, 1.165) is 21.6 Å². The number of anilines is 1. The van der Waals surface area contributed by atoms with Gasteiger partial charge in [-0.05, 0) is 107 Å². The standard InChI is InChI=1S/C59H55N3O12/c1-68-31-32-73-58(67)61-47-26-19-38(16-15-37-17-22-44(69-2)23-18-37)33-46(47)59(57(61)66)50(55(64)60-28-27-42-34-48(70-3)49(71-4)35-43(42)36-60)52-56(65)74-53(40-13-9-6-10-14-40)51(39-11-7-5-8-12-39)62(52)54(59)41-20-24-45(25-21-41)72-30-29-63/h5-14,17-26,33-35,50-54,63H,27-32,36H2,1-4H3/t50-,51-,52-,53+,54+,59-/m0/s1. The van der Waals surface area contributed by atoms with Crippen LogP contribution in [-0.2, 0) is 47.0 Å². The van der Waals surface area contributed by atoms with Crippen LogP contribution in [0.3, 0.4) is 0 Å². The number of aliphatic hydroxyl groups is 1. The molecular weight excluding hydrogens is 943 g/mol. The third-order valence-electron chi connectivity index (χ3n) is 14.4. The van der Waals surface area contributed by atoms with Crippen molar-refractivity contribution in [3.63, 3.8) is 0 Å². The number of hydrogen-bond acceptors (Lipinski definition) is 13. The number of carbonyl (C=O) groups is 4. The number of hydrogen-bond donors (Lipinski definition) is 1. The van der Waals surface area contributed by atoms with Gasteiger partial charge in [0.05, 0.1) is 58.2 Å². The monoisotopic (exact) mass is 997 g/mol. The zero-order valence-corrected chi connectivity index (χ0v) is 41.4. The Bertz CT molecular complexity index is 3120. The number of morpholine rings is 1. The molecule has 10 rings (SSSR count). The predicted molar refractivity (Wildman–Crippen MR) is 272 cm³/mol. The number of aliphatic hydroxyl groups excluding tert-OH is 1. The number of amides is 3. The second-order valence-electron chi connectivity index (χ2n) is 18.3. The van der Waals surface area contributed by atoms with E-state index in [2.05, 4.69) is 11.8 Å². The topological polar surface area (TPSA) is 163 Å². The van der Waals surface area contributed by atoms with E-state index in [1.54, 1.807) is 80.8 Å². The number of nitrogens with zero attached hydrogens (tertiary/aromatic N) is 3. The lowest BCUT2D eigenvalue weighted by molar-refractivity contribution is -0.179. The summed E-state index contributed by atoms with van der Waals surface area (Å²) in [7, 11) is 6.17. The van der Waals surface area contributed by atoms with Crippen molar-refractivity contribution in [2.24, 2.45) is 5.92 Å². The van der Waals surface area contributed by atoms with E-state index in [1.807, 2.05) is 89.8 Å². The summed E-state index contributed by atoms with van der Waals surface area (Å²) in [5, 5.41) is 9.68. The first-order chi connectivity index (χ1) is 36.1. The van der Waals surface area contributed by atoms with Crippen LogP contribution in [0.25, 0.3) is 0 Å². The highest BCUT2D eigenvalue weighted by molar-refractivity contribution is 6.23. The Hall–Kier alpha value is -8.16. The summed E-state index contributed by atoms with van der Waals surface area (Å²) in [5.74, 6) is 5.12. The molecule has 1 spiro atoms. The molecule has 0 bridgehead atoms. The molecule has 378 valence electrons. The molecule has 0 aliphatic carbocycles. The van der Waals surface area contributed by atoms with Crippen LogP contribution in [0.4, 0.5) is 10.5 Å². The molecule has 6 aromatic rings. The van der Waals surface area contributed by atoms with Gasteiger partial charge < -0.3 is 43.2 Å². The van der Waals surface area contributed by atoms with Crippen molar-refractivity contribution in [1.29, 1.82) is 0 Å². The average molecular weight is 998 g/mol. The maximum Gasteiger partial charge on any atom is 0.421 e. The van der Waals surface area contributed by atoms with Gasteiger partial charge in [0.25, 0.3) is 0 Å². The highest BCUT2D eigenvalue weighted by atomic mass is 16.6. The summed E-state index contributed by atoms with van der Waals surface area (Å²) >= 11 is 0. The third kappa shape index (κ3) is 8.74. The quantitative estimate of drug-likeness (QED) is 0.0688. The van der Waals surface area contributed by atoms with Crippen molar-refractivity contribution in [1.82, 2.24) is 9.80 Å². The van der Waals surface area contributed by atoms with E-state index < -0.39 is 59.4 Å². The molecule has 2 fully saturated rings. The summed E-state index contributed by atoms with van der Waals surface area (Å²) in [6, 6.07) is 38.8. The Balaban J connectivity index is 1.26. The van der Waals surface area contributed by atoms with Crippen LogP contribution in [0.1, 0.15) is 62.7 Å². The van der Waals surface area contributed by atoms with E-state index in [4.69, 9.17) is 33.2 Å². The minimum absolute atomic E-state index is 0.0299. The largest absolute Gasteiger partial charge is 0.497 e. The lowest BCUT2D eigenvalue weighted by atomic mass is 9.64. The summed E-state index contributed by atoms with van der Waals surface area (Å²) in [6.07, 6.45) is -1.49. The van der Waals surface area contributed by atoms with E-state index in [1.165, 1.54) is 7.11 Å². The van der Waals surface area contributed by atoms with Crippen LogP contribution in [0.15, 0.2) is 140 Å². The molecule has 0 saturated carbocycles. The molecule has 1 N–H and O–H groups in total. The number of carbonyl (C=O) groups excluding carboxylic acids is 4. The number of esters is 1. The molecule has 0 unspecified atom stereocenters. The molecule has 15 heteroatoms. The highest BCUT2D eigenvalue weighted by Crippen LogP contribution is 2.66. The van der Waals surface area contributed by atoms with E-state index >= 15 is 14.4 Å². The molecule has 4 aliphatic rings. The Morgan fingerprint density at radius 2 is 1.34 bits per heavy atom. The normalized spacial score (nSPS) is 21.7. The van der Waals surface area contributed by atoms with Gasteiger partial charge in [0, 0.05) is 31.3 Å². The minimum Gasteiger partial charge on any atom is -0.497 e. The van der Waals surface area contributed by atoms with Crippen molar-refractivity contribution in [3.05, 3.63) is 184 Å². The molecule has 6 aromatic carbocycles. The SMILES string of the molecule is COCCOC(=O)N1C(=O)[C@@]2(c3cc(C#Cc4ccc(OC)cc4)ccc31)[C@H](C(=O)N1CCc3cc(OC)c(OC)cc3C1)[C@H]1C(=O)O[C@H](c3ccccc3)[C@H](c3ccccc3)N1[C@@H]2c1ccc(OCCO)cc1. The van der Waals surface area contributed by atoms with E-state index in [9.17, 15) is 9.90 Å². The number of cyclic esters (lactones) is 1. The predicted octanol–water partition coefficient (Wildman–Crippen LogP) is 7.52. The van der Waals surface area contributed by atoms with Gasteiger partial charge in [0.2, 0.25) is 11.8 Å². The summed E-state index contributed by atoms with van der Waals surface area (Å²) in [6.45, 7) is 0.0164. The van der Waals surface area contributed by atoms with Crippen molar-refractivity contribution >= 4 is 29.6 Å². The fourth-order valence-electron chi connectivity index (χ4n) is 11.2. The van der Waals surface area contributed by atoms with Gasteiger partial charge in [-0.3, -0.25) is 19.3 Å². The second-order valence-corrected chi connectivity index (χ2v) is 18.3. The first-order valence-electron chi connectivity index (χ1n) is 24.4. The molecule has 74 heavy (non-hydrogen) atoms. The smallest absolute Gasteiger partial charge is 0.421 e. The number of methoxy groups -OCH3 is 4. The van der Waals surface area contributed by atoms with Crippen LogP contribution >= 0.6 is 0 Å². The lowest BCUT2D eigenvalue weighted by Gasteiger charge is -2.46. The minimum atomic E-state index is -2.06. The summed E-state index contributed by atoms with van der Waals surface area (Å²) in [4.78, 5) is 68.3. The first kappa shape index (κ1) is 49.4. The molecule has 4 heterocycles. The van der Waals surface area contributed by atoms with Gasteiger partial charge in [-0.15, -0.1) is 0 Å². The summed E-state index contributed by atoms with van der Waals surface area (Å²) in [5.41, 5.74) is 3.31. The molecular formula is C59H55N3O12. The van der Waals surface area contributed by atoms with Gasteiger partial charge in [0.15, 0.2) is 11.5 Å². The van der Waals surface area contributed by atoms with Crippen molar-refractivity contribution in [2.75, 3.05) is 66.3 Å². The lowest BCUT2D eigenvalue weighted by Crippen LogP contribution is -2.57. The van der Waals surface area contributed by atoms with Crippen LogP contribution in [0.5, 0.6) is 23.0 Å². The molecule has 6 atom stereocenters. The van der Waals surface area contributed by atoms with Gasteiger partial charge in [-0.1, -0.05) is 84.6 Å². The zero-order valence-electron chi connectivity index (χ0n) is 41.4. The van der Waals surface area contributed by atoms with E-state index in [0.29, 0.717) is 57.2 Å². The number of imide groups is 1. The van der Waals surface area contributed by atoms with Crippen LogP contribution in [0, 0.1) is 17.8 Å². The third-order valence-corrected chi connectivity index (χ3v) is 14.4. The van der Waals surface area contributed by atoms with Crippen molar-refractivity contribution < 1.29 is 57.4 Å².